The van der Waals surface area contributed by atoms with Crippen LogP contribution in [-0.2, 0) is 0 Å². The van der Waals surface area contributed by atoms with Gasteiger partial charge in [0.2, 0.25) is 0 Å². The van der Waals surface area contributed by atoms with Gasteiger partial charge in [0.15, 0.2) is 0 Å². The summed E-state index contributed by atoms with van der Waals surface area (Å²) in [6.45, 7) is 0. The lowest BCUT2D eigenvalue weighted by Gasteiger charge is -2.06. The second-order valence-corrected chi connectivity index (χ2v) is 3.38. The molecule has 0 bridgehead atoms. The standard InChI is InChI=1S/C11H18O/c12-11-9-7-5-3-1-2-4-6-8-10-11/h1,3,5,7,11-12H,2,4,6,8-10H2/b3-1-,7-5-. The number of allylic oxidation sites excluding steroid dienone is 3. The summed E-state index contributed by atoms with van der Waals surface area (Å²) in [5.41, 5.74) is 0. The minimum atomic E-state index is -0.118. The van der Waals surface area contributed by atoms with E-state index < -0.39 is 0 Å². The van der Waals surface area contributed by atoms with Crippen LogP contribution in [0.5, 0.6) is 0 Å². The monoisotopic (exact) mass is 166 g/mol. The molecular formula is C11H18O. The minimum Gasteiger partial charge on any atom is -0.393 e. The summed E-state index contributed by atoms with van der Waals surface area (Å²) < 4.78 is 0. The third kappa shape index (κ3) is 4.35. The van der Waals surface area contributed by atoms with Crippen molar-refractivity contribution in [2.75, 3.05) is 0 Å². The zero-order valence-electron chi connectivity index (χ0n) is 7.58. The summed E-state index contributed by atoms with van der Waals surface area (Å²) >= 11 is 0. The van der Waals surface area contributed by atoms with Gasteiger partial charge in [-0.2, -0.15) is 0 Å². The zero-order valence-corrected chi connectivity index (χ0v) is 7.58. The largest absolute Gasteiger partial charge is 0.393 e. The first-order valence-corrected chi connectivity index (χ1v) is 4.89. The summed E-state index contributed by atoms with van der Waals surface area (Å²) in [5, 5.41) is 9.45. The molecule has 1 unspecified atom stereocenters. The van der Waals surface area contributed by atoms with E-state index in [1.54, 1.807) is 0 Å². The molecule has 1 heteroatoms. The molecule has 1 N–H and O–H groups in total. The normalized spacial score (nSPS) is 31.9. The van der Waals surface area contributed by atoms with Crippen LogP contribution >= 0.6 is 0 Å². The van der Waals surface area contributed by atoms with E-state index in [0.717, 1.165) is 12.8 Å². The quantitative estimate of drug-likeness (QED) is 0.586. The van der Waals surface area contributed by atoms with Crippen molar-refractivity contribution in [2.45, 2.75) is 44.6 Å². The molecule has 1 aliphatic rings. The first kappa shape index (κ1) is 9.53. The van der Waals surface area contributed by atoms with E-state index in [9.17, 15) is 5.11 Å². The Morgan fingerprint density at radius 2 is 1.83 bits per heavy atom. The maximum absolute atomic E-state index is 9.45. The summed E-state index contributed by atoms with van der Waals surface area (Å²) in [5.74, 6) is 0. The van der Waals surface area contributed by atoms with Gasteiger partial charge < -0.3 is 5.11 Å². The van der Waals surface area contributed by atoms with E-state index in [4.69, 9.17) is 0 Å². The summed E-state index contributed by atoms with van der Waals surface area (Å²) in [7, 11) is 0. The van der Waals surface area contributed by atoms with Gasteiger partial charge in [0.1, 0.15) is 0 Å². The van der Waals surface area contributed by atoms with Gasteiger partial charge in [-0.15, -0.1) is 0 Å². The topological polar surface area (TPSA) is 20.2 Å². The van der Waals surface area contributed by atoms with E-state index in [1.165, 1.54) is 25.7 Å². The molecular weight excluding hydrogens is 148 g/mol. The molecule has 12 heavy (non-hydrogen) atoms. The second kappa shape index (κ2) is 6.01. The van der Waals surface area contributed by atoms with E-state index in [1.807, 2.05) is 12.2 Å². The Bertz CT molecular complexity index is 158. The van der Waals surface area contributed by atoms with Crippen molar-refractivity contribution in [3.8, 4) is 0 Å². The van der Waals surface area contributed by atoms with Crippen molar-refractivity contribution in [3.63, 3.8) is 0 Å². The average Bonchev–Trinajstić information content (AvgIpc) is 2.11. The van der Waals surface area contributed by atoms with Crippen LogP contribution in [0.3, 0.4) is 0 Å². The van der Waals surface area contributed by atoms with Gasteiger partial charge in [-0.1, -0.05) is 37.1 Å². The van der Waals surface area contributed by atoms with Crippen LogP contribution in [0.15, 0.2) is 24.3 Å². The van der Waals surface area contributed by atoms with Gasteiger partial charge in [-0.05, 0) is 25.7 Å². The lowest BCUT2D eigenvalue weighted by atomic mass is 10.1. The maximum Gasteiger partial charge on any atom is 0.0574 e. The van der Waals surface area contributed by atoms with E-state index in [0.29, 0.717) is 0 Å². The zero-order chi connectivity index (χ0) is 8.65. The van der Waals surface area contributed by atoms with Gasteiger partial charge in [-0.3, -0.25) is 0 Å². The fraction of sp³-hybridized carbons (Fsp3) is 0.636. The molecule has 0 fully saturated rings. The lowest BCUT2D eigenvalue weighted by molar-refractivity contribution is 0.164. The number of rotatable bonds is 0. The van der Waals surface area contributed by atoms with Crippen LogP contribution < -0.4 is 0 Å². The fourth-order valence-electron chi connectivity index (χ4n) is 1.43. The predicted octanol–water partition coefficient (Wildman–Crippen LogP) is 2.81. The van der Waals surface area contributed by atoms with Gasteiger partial charge in [0, 0.05) is 0 Å². The molecule has 1 nitrogen and oxygen atoms in total. The molecule has 68 valence electrons. The Kier molecular flexibility index (Phi) is 4.77. The highest BCUT2D eigenvalue weighted by atomic mass is 16.3. The third-order valence-corrected chi connectivity index (χ3v) is 2.20. The Balaban J connectivity index is 2.33. The first-order chi connectivity index (χ1) is 5.89. The molecule has 0 heterocycles. The van der Waals surface area contributed by atoms with Crippen LogP contribution in [-0.4, -0.2) is 11.2 Å². The maximum atomic E-state index is 9.45. The minimum absolute atomic E-state index is 0.118. The highest BCUT2D eigenvalue weighted by molar-refractivity contribution is 5.02. The van der Waals surface area contributed by atoms with E-state index in [-0.39, 0.29) is 6.10 Å². The Labute approximate surface area is 74.8 Å². The highest BCUT2D eigenvalue weighted by Crippen LogP contribution is 2.10. The Hall–Kier alpha value is -0.560. The Morgan fingerprint density at radius 1 is 1.00 bits per heavy atom. The van der Waals surface area contributed by atoms with Gasteiger partial charge >= 0.3 is 0 Å². The third-order valence-electron chi connectivity index (χ3n) is 2.20. The van der Waals surface area contributed by atoms with Crippen molar-refractivity contribution in [1.82, 2.24) is 0 Å². The highest BCUT2D eigenvalue weighted by Gasteiger charge is 2.00. The number of hydrogen-bond acceptors (Lipinski definition) is 1. The predicted molar refractivity (Wildman–Crippen MR) is 52.0 cm³/mol. The molecule has 0 amide bonds. The number of hydrogen-bond donors (Lipinski definition) is 1. The molecule has 0 spiro atoms. The summed E-state index contributed by atoms with van der Waals surface area (Å²) in [6, 6.07) is 0. The second-order valence-electron chi connectivity index (χ2n) is 3.38. The SMILES string of the molecule is OC1C/C=C\C=C/CCCCC1. The molecule has 1 aliphatic carbocycles. The van der Waals surface area contributed by atoms with Crippen molar-refractivity contribution < 1.29 is 5.11 Å². The number of aliphatic hydroxyl groups excluding tert-OH is 1. The molecule has 0 saturated heterocycles. The lowest BCUT2D eigenvalue weighted by Crippen LogP contribution is -2.03. The van der Waals surface area contributed by atoms with Crippen LogP contribution in [0.4, 0.5) is 0 Å². The molecule has 0 saturated carbocycles. The van der Waals surface area contributed by atoms with Gasteiger partial charge in [0.05, 0.1) is 6.10 Å². The molecule has 1 rings (SSSR count). The van der Waals surface area contributed by atoms with Gasteiger partial charge in [-0.25, -0.2) is 0 Å². The smallest absolute Gasteiger partial charge is 0.0574 e. The molecule has 0 aromatic rings. The summed E-state index contributed by atoms with van der Waals surface area (Å²) in [4.78, 5) is 0. The molecule has 0 aromatic heterocycles. The van der Waals surface area contributed by atoms with Crippen LogP contribution in [0.1, 0.15) is 38.5 Å². The van der Waals surface area contributed by atoms with Crippen molar-refractivity contribution in [3.05, 3.63) is 24.3 Å². The molecule has 1 atom stereocenters. The van der Waals surface area contributed by atoms with Gasteiger partial charge in [0.25, 0.3) is 0 Å². The molecule has 0 aliphatic heterocycles. The van der Waals surface area contributed by atoms with Crippen LogP contribution in [0, 0.1) is 0 Å². The summed E-state index contributed by atoms with van der Waals surface area (Å²) in [6.07, 6.45) is 14.9. The van der Waals surface area contributed by atoms with E-state index in [2.05, 4.69) is 12.2 Å². The van der Waals surface area contributed by atoms with E-state index >= 15 is 0 Å². The fourth-order valence-corrected chi connectivity index (χ4v) is 1.43. The van der Waals surface area contributed by atoms with Crippen LogP contribution in [0.2, 0.25) is 0 Å². The first-order valence-electron chi connectivity index (χ1n) is 4.89. The Morgan fingerprint density at radius 3 is 2.75 bits per heavy atom. The van der Waals surface area contributed by atoms with Crippen molar-refractivity contribution >= 4 is 0 Å². The van der Waals surface area contributed by atoms with Crippen molar-refractivity contribution in [1.29, 1.82) is 0 Å². The molecule has 0 radical (unpaired) electrons. The van der Waals surface area contributed by atoms with Crippen molar-refractivity contribution in [2.24, 2.45) is 0 Å². The number of aliphatic hydroxyl groups is 1. The average molecular weight is 166 g/mol. The van der Waals surface area contributed by atoms with Crippen LogP contribution in [0.25, 0.3) is 0 Å². The molecule has 0 aromatic carbocycles.